The maximum Gasteiger partial charge on any atom is 0.273 e. The number of aromatic nitrogens is 1. The minimum Gasteiger partial charge on any atom is -0.622 e. The first-order valence-electron chi connectivity index (χ1n) is 12.0. The van der Waals surface area contributed by atoms with Crippen LogP contribution in [0.3, 0.4) is 0 Å². The Hall–Kier alpha value is -4.58. The van der Waals surface area contributed by atoms with Crippen LogP contribution in [0.25, 0.3) is 33.2 Å². The fourth-order valence-corrected chi connectivity index (χ4v) is 4.89. The molecule has 2 aliphatic rings. The SMILES string of the molecule is CC1C=CC=C2OCC(NC(=O)c3cc4cccc(-c5cccc(-c6ccccc6)c5)c4[nH]3)[N+]([O-])=C21. The molecule has 0 saturated carbocycles. The van der Waals surface area contributed by atoms with Crippen LogP contribution in [0.5, 0.6) is 0 Å². The molecular formula is C30H25N3O3. The van der Waals surface area contributed by atoms with E-state index in [9.17, 15) is 10.0 Å². The van der Waals surface area contributed by atoms with Crippen LogP contribution in [-0.4, -0.2) is 34.1 Å². The van der Waals surface area contributed by atoms with Crippen molar-refractivity contribution in [3.05, 3.63) is 114 Å². The van der Waals surface area contributed by atoms with Crippen molar-refractivity contribution in [1.82, 2.24) is 10.3 Å². The number of amides is 1. The van der Waals surface area contributed by atoms with Crippen LogP contribution < -0.4 is 5.32 Å². The van der Waals surface area contributed by atoms with Crippen LogP contribution in [0, 0.1) is 11.1 Å². The smallest absolute Gasteiger partial charge is 0.273 e. The van der Waals surface area contributed by atoms with Gasteiger partial charge in [0.1, 0.15) is 5.69 Å². The van der Waals surface area contributed by atoms with E-state index in [1.807, 2.05) is 67.6 Å². The molecule has 6 nitrogen and oxygen atoms in total. The number of aromatic amines is 1. The molecule has 2 N–H and O–H groups in total. The van der Waals surface area contributed by atoms with Gasteiger partial charge in [0.05, 0.1) is 11.4 Å². The van der Waals surface area contributed by atoms with Gasteiger partial charge in [-0.05, 0) is 41.8 Å². The fraction of sp³-hybridized carbons (Fsp3) is 0.133. The Morgan fingerprint density at radius 2 is 1.78 bits per heavy atom. The summed E-state index contributed by atoms with van der Waals surface area (Å²) >= 11 is 0. The van der Waals surface area contributed by atoms with Crippen molar-refractivity contribution in [2.45, 2.75) is 13.1 Å². The average molecular weight is 476 g/mol. The van der Waals surface area contributed by atoms with Gasteiger partial charge in [-0.15, -0.1) is 0 Å². The van der Waals surface area contributed by atoms with Crippen LogP contribution in [0.1, 0.15) is 17.4 Å². The first kappa shape index (κ1) is 21.9. The number of nitrogens with one attached hydrogen (secondary N) is 2. The molecule has 3 aromatic carbocycles. The molecule has 1 aliphatic carbocycles. The van der Waals surface area contributed by atoms with Gasteiger partial charge in [0.15, 0.2) is 12.4 Å². The minimum absolute atomic E-state index is 0.0792. The zero-order chi connectivity index (χ0) is 24.6. The second-order valence-electron chi connectivity index (χ2n) is 9.12. The maximum absolute atomic E-state index is 13.2. The van der Waals surface area contributed by atoms with Crippen LogP contribution in [0.15, 0.2) is 103 Å². The normalized spacial score (nSPS) is 19.0. The number of benzene rings is 3. The molecule has 0 spiro atoms. The molecule has 1 aromatic heterocycles. The van der Waals surface area contributed by atoms with E-state index in [0.717, 1.165) is 37.9 Å². The largest absolute Gasteiger partial charge is 0.622 e. The summed E-state index contributed by atoms with van der Waals surface area (Å²) in [5.41, 5.74) is 6.13. The zero-order valence-corrected chi connectivity index (χ0v) is 19.8. The number of H-pyrrole nitrogens is 1. The number of allylic oxidation sites excluding steroid dienone is 4. The van der Waals surface area contributed by atoms with Gasteiger partial charge < -0.3 is 14.9 Å². The van der Waals surface area contributed by atoms with Gasteiger partial charge in [-0.2, -0.15) is 4.74 Å². The molecule has 2 heterocycles. The lowest BCUT2D eigenvalue weighted by Gasteiger charge is -2.29. The van der Waals surface area contributed by atoms with E-state index < -0.39 is 6.17 Å². The fourth-order valence-electron chi connectivity index (χ4n) is 4.89. The van der Waals surface area contributed by atoms with Gasteiger partial charge >= 0.3 is 0 Å². The lowest BCUT2D eigenvalue weighted by molar-refractivity contribution is -0.518. The molecule has 1 aliphatic heterocycles. The standard InChI is InChI=1S/C30H25N3O3/c1-19-8-5-15-26-29(19)33(35)27(18-36-26)32-30(34)25-17-23-13-7-14-24(28(23)31-25)22-12-6-11-21(16-22)20-9-3-2-4-10-20/h2-17,19,27,31H,18H2,1H3,(H,32,34). The third-order valence-electron chi connectivity index (χ3n) is 6.73. The molecule has 36 heavy (non-hydrogen) atoms. The van der Waals surface area contributed by atoms with E-state index in [1.165, 1.54) is 0 Å². The molecule has 0 bridgehead atoms. The Labute approximate surface area is 208 Å². The van der Waals surface area contributed by atoms with Crippen LogP contribution >= 0.6 is 0 Å². The van der Waals surface area contributed by atoms with Gasteiger partial charge in [-0.1, -0.05) is 78.9 Å². The highest BCUT2D eigenvalue weighted by Gasteiger charge is 2.36. The van der Waals surface area contributed by atoms with Crippen LogP contribution in [-0.2, 0) is 4.74 Å². The molecule has 6 rings (SSSR count). The van der Waals surface area contributed by atoms with Crippen molar-refractivity contribution in [2.75, 3.05) is 6.61 Å². The number of fused-ring (bicyclic) bond motifs is 2. The van der Waals surface area contributed by atoms with Crippen LogP contribution in [0.2, 0.25) is 0 Å². The third kappa shape index (κ3) is 3.86. The van der Waals surface area contributed by atoms with Gasteiger partial charge in [0, 0.05) is 10.9 Å². The Balaban J connectivity index is 1.30. The molecule has 0 radical (unpaired) electrons. The van der Waals surface area contributed by atoms with E-state index in [0.29, 0.717) is 17.2 Å². The topological polar surface area (TPSA) is 80.2 Å². The molecule has 4 aromatic rings. The first-order valence-corrected chi connectivity index (χ1v) is 12.0. The lowest BCUT2D eigenvalue weighted by atomic mass is 9.98. The second-order valence-corrected chi connectivity index (χ2v) is 9.12. The Morgan fingerprint density at radius 1 is 1.00 bits per heavy atom. The lowest BCUT2D eigenvalue weighted by Crippen LogP contribution is -2.51. The van der Waals surface area contributed by atoms with E-state index in [1.54, 1.807) is 6.08 Å². The van der Waals surface area contributed by atoms with Gasteiger partial charge in [0.2, 0.25) is 5.71 Å². The van der Waals surface area contributed by atoms with Crippen molar-refractivity contribution in [3.8, 4) is 22.3 Å². The Morgan fingerprint density at radius 3 is 2.64 bits per heavy atom. The Kier molecular flexibility index (Phi) is 5.41. The number of ether oxygens (including phenoxy) is 1. The highest BCUT2D eigenvalue weighted by atomic mass is 16.5. The summed E-state index contributed by atoms with van der Waals surface area (Å²) in [6.45, 7) is 2.02. The van der Waals surface area contributed by atoms with E-state index >= 15 is 0 Å². The number of para-hydroxylation sites is 1. The predicted molar refractivity (Wildman–Crippen MR) is 141 cm³/mol. The van der Waals surface area contributed by atoms with Crippen molar-refractivity contribution in [1.29, 1.82) is 0 Å². The maximum atomic E-state index is 13.2. The summed E-state index contributed by atoms with van der Waals surface area (Å²) in [5, 5.41) is 16.8. The summed E-state index contributed by atoms with van der Waals surface area (Å²) in [6.07, 6.45) is 4.80. The number of rotatable bonds is 4. The molecule has 1 amide bonds. The number of hydrogen-bond donors (Lipinski definition) is 2. The number of carbonyl (C=O) groups excluding carboxylic acids is 1. The molecule has 2 unspecified atom stereocenters. The highest BCUT2D eigenvalue weighted by molar-refractivity contribution is 6.03. The third-order valence-corrected chi connectivity index (χ3v) is 6.73. The molecule has 0 fully saturated rings. The quantitative estimate of drug-likeness (QED) is 0.297. The number of hydrogen-bond acceptors (Lipinski definition) is 3. The monoisotopic (exact) mass is 475 g/mol. The minimum atomic E-state index is -0.799. The molecule has 0 saturated heterocycles. The van der Waals surface area contributed by atoms with E-state index in [4.69, 9.17) is 4.74 Å². The molecule has 178 valence electrons. The molecular weight excluding hydrogens is 450 g/mol. The summed E-state index contributed by atoms with van der Waals surface area (Å²) in [6, 6.07) is 26.4. The van der Waals surface area contributed by atoms with Gasteiger partial charge in [-0.25, -0.2) is 0 Å². The number of carbonyl (C=O) groups is 1. The number of hydroxylamine groups is 1. The second kappa shape index (κ2) is 8.89. The van der Waals surface area contributed by atoms with Crippen molar-refractivity contribution < 1.29 is 14.3 Å². The number of nitrogens with zero attached hydrogens (tertiary/aromatic N) is 1. The van der Waals surface area contributed by atoms with Gasteiger partial charge in [-0.3, -0.25) is 10.1 Å². The van der Waals surface area contributed by atoms with E-state index in [2.05, 4.69) is 40.6 Å². The first-order chi connectivity index (χ1) is 17.6. The van der Waals surface area contributed by atoms with Crippen molar-refractivity contribution in [3.63, 3.8) is 0 Å². The zero-order valence-electron chi connectivity index (χ0n) is 19.8. The predicted octanol–water partition coefficient (Wildman–Crippen LogP) is 5.63. The highest BCUT2D eigenvalue weighted by Crippen LogP contribution is 2.32. The van der Waals surface area contributed by atoms with E-state index in [-0.39, 0.29) is 18.4 Å². The summed E-state index contributed by atoms with van der Waals surface area (Å²) in [4.78, 5) is 16.4. The Bertz CT molecular complexity index is 1560. The van der Waals surface area contributed by atoms with Crippen molar-refractivity contribution >= 4 is 22.5 Å². The molecule has 6 heteroatoms. The summed E-state index contributed by atoms with van der Waals surface area (Å²) in [5.74, 6) is 0.139. The average Bonchev–Trinajstić information content (AvgIpc) is 3.36. The summed E-state index contributed by atoms with van der Waals surface area (Å²) < 4.78 is 6.63. The van der Waals surface area contributed by atoms with Gasteiger partial charge in [0.25, 0.3) is 12.1 Å². The van der Waals surface area contributed by atoms with Crippen molar-refractivity contribution in [2.24, 2.45) is 5.92 Å². The summed E-state index contributed by atoms with van der Waals surface area (Å²) in [7, 11) is 0. The van der Waals surface area contributed by atoms with Crippen LogP contribution in [0.4, 0.5) is 0 Å². The molecule has 2 atom stereocenters.